The zero-order valence-electron chi connectivity index (χ0n) is 12.0. The molecule has 100 valence electrons. The van der Waals surface area contributed by atoms with E-state index in [2.05, 4.69) is 16.0 Å². The van der Waals surface area contributed by atoms with Crippen molar-refractivity contribution < 1.29 is 4.74 Å². The number of nitrogens with two attached hydrogens (primary N) is 1. The molecule has 0 atom stereocenters. The Kier molecular flexibility index (Phi) is 3.42. The highest BCUT2D eigenvalue weighted by Gasteiger charge is 2.16. The Morgan fingerprint density at radius 3 is 2.26 bits per heavy atom. The molecule has 4 heteroatoms. The number of aromatic nitrogens is 2. The molecule has 0 saturated carbocycles. The van der Waals surface area contributed by atoms with Gasteiger partial charge in [0.15, 0.2) is 0 Å². The van der Waals surface area contributed by atoms with Crippen molar-refractivity contribution in [3.8, 4) is 17.0 Å². The summed E-state index contributed by atoms with van der Waals surface area (Å²) in [4.78, 5) is 8.92. The third kappa shape index (κ3) is 2.38. The third-order valence-electron chi connectivity index (χ3n) is 3.23. The van der Waals surface area contributed by atoms with Gasteiger partial charge in [-0.05, 0) is 44.9 Å². The Morgan fingerprint density at radius 1 is 1.00 bits per heavy atom. The van der Waals surface area contributed by atoms with E-state index in [0.717, 1.165) is 33.8 Å². The second-order valence-electron chi connectivity index (χ2n) is 4.79. The Labute approximate surface area is 113 Å². The van der Waals surface area contributed by atoms with Gasteiger partial charge in [-0.3, -0.25) is 0 Å². The predicted molar refractivity (Wildman–Crippen MR) is 77.4 cm³/mol. The lowest BCUT2D eigenvalue weighted by atomic mass is 10.0. The molecule has 1 aromatic carbocycles. The molecule has 19 heavy (non-hydrogen) atoms. The first-order valence-electron chi connectivity index (χ1n) is 6.20. The predicted octanol–water partition coefficient (Wildman–Crippen LogP) is 2.97. The van der Waals surface area contributed by atoms with Crippen LogP contribution in [0.15, 0.2) is 12.1 Å². The van der Waals surface area contributed by atoms with E-state index in [4.69, 9.17) is 10.5 Å². The van der Waals surface area contributed by atoms with Gasteiger partial charge >= 0.3 is 0 Å². The molecule has 0 amide bonds. The Bertz CT molecular complexity index is 636. The highest BCUT2D eigenvalue weighted by atomic mass is 16.5. The van der Waals surface area contributed by atoms with Crippen molar-refractivity contribution >= 4 is 5.82 Å². The minimum Gasteiger partial charge on any atom is -0.496 e. The SMILES string of the molecule is COc1cc(C)cc(C)c1-c1nc(C)c(C)nc1N. The van der Waals surface area contributed by atoms with Crippen molar-refractivity contribution in [1.82, 2.24) is 9.97 Å². The Morgan fingerprint density at radius 2 is 1.63 bits per heavy atom. The fourth-order valence-corrected chi connectivity index (χ4v) is 2.20. The van der Waals surface area contributed by atoms with Gasteiger partial charge in [-0.25, -0.2) is 9.97 Å². The van der Waals surface area contributed by atoms with Crippen molar-refractivity contribution in [1.29, 1.82) is 0 Å². The second-order valence-corrected chi connectivity index (χ2v) is 4.79. The van der Waals surface area contributed by atoms with Crippen molar-refractivity contribution in [3.05, 3.63) is 34.6 Å². The van der Waals surface area contributed by atoms with Gasteiger partial charge in [-0.2, -0.15) is 0 Å². The summed E-state index contributed by atoms with van der Waals surface area (Å²) >= 11 is 0. The molecule has 1 aromatic heterocycles. The maximum atomic E-state index is 6.02. The smallest absolute Gasteiger partial charge is 0.150 e. The molecule has 0 aliphatic carbocycles. The fourth-order valence-electron chi connectivity index (χ4n) is 2.20. The molecule has 0 aliphatic rings. The maximum absolute atomic E-state index is 6.02. The van der Waals surface area contributed by atoms with Crippen LogP contribution in [0.3, 0.4) is 0 Å². The van der Waals surface area contributed by atoms with Gasteiger partial charge in [0.1, 0.15) is 17.3 Å². The van der Waals surface area contributed by atoms with Crippen molar-refractivity contribution in [2.75, 3.05) is 12.8 Å². The fraction of sp³-hybridized carbons (Fsp3) is 0.333. The quantitative estimate of drug-likeness (QED) is 0.898. The average molecular weight is 257 g/mol. The largest absolute Gasteiger partial charge is 0.496 e. The number of rotatable bonds is 2. The molecule has 0 fully saturated rings. The standard InChI is InChI=1S/C15H19N3O/c1-8-6-9(2)13(12(7-8)19-5)14-15(16)18-11(4)10(3)17-14/h6-7H,1-5H3,(H2,16,18). The number of ether oxygens (including phenoxy) is 1. The Balaban J connectivity index is 2.75. The van der Waals surface area contributed by atoms with E-state index in [1.54, 1.807) is 7.11 Å². The molecule has 0 radical (unpaired) electrons. The van der Waals surface area contributed by atoms with Gasteiger partial charge in [-0.1, -0.05) is 6.07 Å². The van der Waals surface area contributed by atoms with E-state index in [-0.39, 0.29) is 0 Å². The van der Waals surface area contributed by atoms with Crippen molar-refractivity contribution in [2.45, 2.75) is 27.7 Å². The van der Waals surface area contributed by atoms with Gasteiger partial charge in [0.25, 0.3) is 0 Å². The normalized spacial score (nSPS) is 10.6. The zero-order valence-corrected chi connectivity index (χ0v) is 12.0. The van der Waals surface area contributed by atoms with E-state index in [1.807, 2.05) is 33.8 Å². The summed E-state index contributed by atoms with van der Waals surface area (Å²) in [7, 11) is 1.66. The van der Waals surface area contributed by atoms with Crippen LogP contribution in [0.5, 0.6) is 5.75 Å². The van der Waals surface area contributed by atoms with E-state index < -0.39 is 0 Å². The van der Waals surface area contributed by atoms with Crippen LogP contribution >= 0.6 is 0 Å². The van der Waals surface area contributed by atoms with Crippen LogP contribution in [0, 0.1) is 27.7 Å². The number of anilines is 1. The van der Waals surface area contributed by atoms with Crippen LogP contribution in [-0.4, -0.2) is 17.1 Å². The van der Waals surface area contributed by atoms with Gasteiger partial charge < -0.3 is 10.5 Å². The lowest BCUT2D eigenvalue weighted by Gasteiger charge is -2.15. The first kappa shape index (κ1) is 13.3. The molecule has 2 rings (SSSR count). The number of hydrogen-bond acceptors (Lipinski definition) is 4. The van der Waals surface area contributed by atoms with Gasteiger partial charge in [0, 0.05) is 5.56 Å². The van der Waals surface area contributed by atoms with Crippen LogP contribution < -0.4 is 10.5 Å². The Hall–Kier alpha value is -2.10. The van der Waals surface area contributed by atoms with Crippen LogP contribution in [0.4, 0.5) is 5.82 Å². The summed E-state index contributed by atoms with van der Waals surface area (Å²) in [6.07, 6.45) is 0. The topological polar surface area (TPSA) is 61.0 Å². The van der Waals surface area contributed by atoms with E-state index in [1.165, 1.54) is 0 Å². The minimum absolute atomic E-state index is 0.438. The summed E-state index contributed by atoms with van der Waals surface area (Å²) in [5, 5.41) is 0. The zero-order chi connectivity index (χ0) is 14.2. The van der Waals surface area contributed by atoms with E-state index >= 15 is 0 Å². The molecule has 4 nitrogen and oxygen atoms in total. The maximum Gasteiger partial charge on any atom is 0.150 e. The molecule has 0 spiro atoms. The van der Waals surface area contributed by atoms with Crippen LogP contribution in [0.2, 0.25) is 0 Å². The molecule has 0 unspecified atom stereocenters. The number of nitrogen functional groups attached to an aromatic ring is 1. The summed E-state index contributed by atoms with van der Waals surface area (Å²) in [6, 6.07) is 4.08. The number of methoxy groups -OCH3 is 1. The molecule has 0 saturated heterocycles. The van der Waals surface area contributed by atoms with Crippen LogP contribution in [0.25, 0.3) is 11.3 Å². The number of aryl methyl sites for hydroxylation is 4. The highest BCUT2D eigenvalue weighted by Crippen LogP contribution is 2.35. The molecule has 0 bridgehead atoms. The minimum atomic E-state index is 0.438. The van der Waals surface area contributed by atoms with Crippen molar-refractivity contribution in [2.24, 2.45) is 0 Å². The third-order valence-corrected chi connectivity index (χ3v) is 3.23. The average Bonchev–Trinajstić information content (AvgIpc) is 2.33. The van der Waals surface area contributed by atoms with Gasteiger partial charge in [0.05, 0.1) is 18.5 Å². The molecular weight excluding hydrogens is 238 g/mol. The summed E-state index contributed by atoms with van der Waals surface area (Å²) < 4.78 is 5.46. The molecule has 2 N–H and O–H groups in total. The highest BCUT2D eigenvalue weighted by molar-refractivity contribution is 5.78. The summed E-state index contributed by atoms with van der Waals surface area (Å²) in [5.74, 6) is 1.22. The van der Waals surface area contributed by atoms with Gasteiger partial charge in [0.2, 0.25) is 0 Å². The molecule has 1 heterocycles. The molecular formula is C15H19N3O. The second kappa shape index (κ2) is 4.88. The number of benzene rings is 1. The number of nitrogens with zero attached hydrogens (tertiary/aromatic N) is 2. The molecule has 0 aliphatic heterocycles. The molecule has 2 aromatic rings. The lowest BCUT2D eigenvalue weighted by Crippen LogP contribution is -2.04. The monoisotopic (exact) mass is 257 g/mol. The first-order chi connectivity index (χ1) is 8.93. The summed E-state index contributed by atoms with van der Waals surface area (Å²) in [5.41, 5.74) is 11.6. The van der Waals surface area contributed by atoms with E-state index in [0.29, 0.717) is 11.5 Å². The van der Waals surface area contributed by atoms with Crippen LogP contribution in [0.1, 0.15) is 22.5 Å². The first-order valence-corrected chi connectivity index (χ1v) is 6.20. The van der Waals surface area contributed by atoms with Gasteiger partial charge in [-0.15, -0.1) is 0 Å². The van der Waals surface area contributed by atoms with Crippen LogP contribution in [-0.2, 0) is 0 Å². The van der Waals surface area contributed by atoms with Crippen molar-refractivity contribution in [3.63, 3.8) is 0 Å². The van der Waals surface area contributed by atoms with E-state index in [9.17, 15) is 0 Å². The lowest BCUT2D eigenvalue weighted by molar-refractivity contribution is 0.415. The summed E-state index contributed by atoms with van der Waals surface area (Å²) in [6.45, 7) is 7.90. The number of hydrogen-bond donors (Lipinski definition) is 1.